The molecule has 0 radical (unpaired) electrons. The van der Waals surface area contributed by atoms with Crippen molar-refractivity contribution in [3.05, 3.63) is 188 Å². The molecule has 0 saturated carbocycles. The van der Waals surface area contributed by atoms with Crippen molar-refractivity contribution in [3.63, 3.8) is 0 Å². The number of hydrogen-bond donors (Lipinski definition) is 1. The lowest BCUT2D eigenvalue weighted by molar-refractivity contribution is 0.00311. The van der Waals surface area contributed by atoms with Crippen molar-refractivity contribution in [3.8, 4) is 61.8 Å². The first-order valence-electron chi connectivity index (χ1n) is 15.4. The van der Waals surface area contributed by atoms with Gasteiger partial charge >= 0.3 is 0 Å². The minimum atomic E-state index is -0.969. The Bertz CT molecular complexity index is 1910. The zero-order chi connectivity index (χ0) is 31.1. The molecule has 0 fully saturated rings. The zero-order valence-corrected chi connectivity index (χ0v) is 25.2. The van der Waals surface area contributed by atoms with Crippen molar-refractivity contribution >= 4 is 0 Å². The molecule has 0 heterocycles. The Kier molecular flexibility index (Phi) is 8.29. The average Bonchev–Trinajstić information content (AvgIpc) is 3.13. The van der Waals surface area contributed by atoms with Gasteiger partial charge in [-0.3, -0.25) is 0 Å². The second-order valence-electron chi connectivity index (χ2n) is 10.9. The van der Waals surface area contributed by atoms with Crippen molar-refractivity contribution in [2.24, 2.45) is 0 Å². The predicted molar refractivity (Wildman–Crippen MR) is 187 cm³/mol. The third-order valence-corrected chi connectivity index (χ3v) is 8.01. The maximum Gasteiger partial charge on any atom is 0.271 e. The van der Waals surface area contributed by atoms with Gasteiger partial charge in [0.15, 0.2) is 0 Å². The molecule has 0 aliphatic heterocycles. The molecule has 3 heteroatoms. The zero-order valence-electron chi connectivity index (χ0n) is 25.2. The molecule has 3 nitrogen and oxygen atoms in total. The van der Waals surface area contributed by atoms with Crippen molar-refractivity contribution in [1.29, 1.82) is 0 Å². The van der Waals surface area contributed by atoms with E-state index in [-0.39, 0.29) is 5.75 Å². The highest BCUT2D eigenvalue weighted by Crippen LogP contribution is 2.44. The molecule has 7 rings (SSSR count). The summed E-state index contributed by atoms with van der Waals surface area (Å²) < 4.78 is 13.8. The first-order chi connectivity index (χ1) is 22.8. The van der Waals surface area contributed by atoms with E-state index >= 15 is 0 Å². The molecule has 1 N–H and O–H groups in total. The van der Waals surface area contributed by atoms with E-state index in [1.807, 2.05) is 109 Å². The van der Waals surface area contributed by atoms with Crippen LogP contribution in [-0.2, 0) is 0 Å². The quantitative estimate of drug-likeness (QED) is 0.169. The minimum Gasteiger partial charge on any atom is -0.507 e. The van der Waals surface area contributed by atoms with Gasteiger partial charge in [-0.05, 0) is 57.6 Å². The number of rotatable bonds is 9. The van der Waals surface area contributed by atoms with E-state index in [0.29, 0.717) is 17.1 Å². The molecule has 7 aromatic carbocycles. The summed E-state index contributed by atoms with van der Waals surface area (Å²) in [5.41, 5.74) is 8.68. The maximum atomic E-state index is 11.1. The number of para-hydroxylation sites is 1. The molecule has 0 amide bonds. The summed E-state index contributed by atoms with van der Waals surface area (Å²) in [5.74, 6) is 1.37. The molecule has 0 saturated heterocycles. The molecule has 0 aliphatic rings. The van der Waals surface area contributed by atoms with Gasteiger partial charge in [-0.2, -0.15) is 0 Å². The van der Waals surface area contributed by atoms with Gasteiger partial charge in [0.1, 0.15) is 17.2 Å². The topological polar surface area (TPSA) is 38.7 Å². The van der Waals surface area contributed by atoms with Crippen molar-refractivity contribution in [2.75, 3.05) is 0 Å². The first kappa shape index (κ1) is 28.7. The lowest BCUT2D eigenvalue weighted by Gasteiger charge is -2.26. The molecule has 46 heavy (non-hydrogen) atoms. The highest BCUT2D eigenvalue weighted by atomic mass is 16.7. The SMILES string of the molecule is Oc1ccccc1C(Oc1cccc(-c2ccccc2)c1-c1ccccc1)Oc1cccc(-c2ccccc2)c1-c1ccccc1. The number of phenols is 1. The van der Waals surface area contributed by atoms with Crippen LogP contribution in [0.1, 0.15) is 11.9 Å². The van der Waals surface area contributed by atoms with Crippen LogP contribution in [0, 0.1) is 0 Å². The van der Waals surface area contributed by atoms with Crippen LogP contribution in [0.5, 0.6) is 17.2 Å². The third kappa shape index (κ3) is 5.99. The van der Waals surface area contributed by atoms with Crippen molar-refractivity contribution in [1.82, 2.24) is 0 Å². The number of phenolic OH excluding ortho intramolecular Hbond substituents is 1. The van der Waals surface area contributed by atoms with Crippen LogP contribution in [0.15, 0.2) is 182 Å². The summed E-state index contributed by atoms with van der Waals surface area (Å²) in [7, 11) is 0. The minimum absolute atomic E-state index is 0.0912. The molecule has 0 bridgehead atoms. The van der Waals surface area contributed by atoms with Crippen molar-refractivity contribution < 1.29 is 14.6 Å². The summed E-state index contributed by atoms with van der Waals surface area (Å²) >= 11 is 0. The van der Waals surface area contributed by atoms with Gasteiger partial charge in [0.05, 0.1) is 5.56 Å². The van der Waals surface area contributed by atoms with Crippen LogP contribution in [0.3, 0.4) is 0 Å². The first-order valence-corrected chi connectivity index (χ1v) is 15.4. The van der Waals surface area contributed by atoms with Gasteiger partial charge in [-0.1, -0.05) is 158 Å². The van der Waals surface area contributed by atoms with Crippen LogP contribution in [0.2, 0.25) is 0 Å². The molecule has 0 unspecified atom stereocenters. The fraction of sp³-hybridized carbons (Fsp3) is 0.0233. The van der Waals surface area contributed by atoms with Crippen LogP contribution in [0.4, 0.5) is 0 Å². The number of aromatic hydroxyl groups is 1. The summed E-state index contributed by atoms with van der Waals surface area (Å²) in [6, 6.07) is 60.4. The van der Waals surface area contributed by atoms with E-state index in [2.05, 4.69) is 60.7 Å². The van der Waals surface area contributed by atoms with E-state index in [9.17, 15) is 5.11 Å². The van der Waals surface area contributed by atoms with Gasteiger partial charge in [0, 0.05) is 11.1 Å². The normalized spacial score (nSPS) is 10.9. The van der Waals surface area contributed by atoms with Gasteiger partial charge in [-0.25, -0.2) is 0 Å². The smallest absolute Gasteiger partial charge is 0.271 e. The molecule has 7 aromatic rings. The Hall–Kier alpha value is -6.06. The highest BCUT2D eigenvalue weighted by molar-refractivity contribution is 5.89. The molecule has 0 aromatic heterocycles. The van der Waals surface area contributed by atoms with Crippen LogP contribution in [0.25, 0.3) is 44.5 Å². The van der Waals surface area contributed by atoms with E-state index in [4.69, 9.17) is 9.47 Å². The number of ether oxygens (including phenoxy) is 2. The van der Waals surface area contributed by atoms with Gasteiger partial charge < -0.3 is 14.6 Å². The second-order valence-corrected chi connectivity index (χ2v) is 10.9. The highest BCUT2D eigenvalue weighted by Gasteiger charge is 2.25. The van der Waals surface area contributed by atoms with E-state index in [1.54, 1.807) is 12.1 Å². The van der Waals surface area contributed by atoms with Gasteiger partial charge in [-0.15, -0.1) is 0 Å². The second kappa shape index (κ2) is 13.3. The maximum absolute atomic E-state index is 11.1. The molecule has 0 spiro atoms. The third-order valence-electron chi connectivity index (χ3n) is 8.01. The molecular weight excluding hydrogens is 564 g/mol. The Labute approximate surface area is 269 Å². The van der Waals surface area contributed by atoms with Gasteiger partial charge in [0.25, 0.3) is 6.29 Å². The fourth-order valence-electron chi connectivity index (χ4n) is 5.85. The molecule has 0 aliphatic carbocycles. The standard InChI is InChI=1S/C43H32O3/c44-38-28-14-13-25-37(38)43(45-39-29-15-26-35(31-17-5-1-6-18-31)41(39)33-21-9-3-10-22-33)46-40-30-16-27-36(32-19-7-2-8-20-32)42(40)34-23-11-4-12-24-34/h1-30,43-44H. The lowest BCUT2D eigenvalue weighted by Crippen LogP contribution is -2.16. The Balaban J connectivity index is 1.39. The van der Waals surface area contributed by atoms with Crippen LogP contribution < -0.4 is 9.47 Å². The average molecular weight is 597 g/mol. The lowest BCUT2D eigenvalue weighted by atomic mass is 9.93. The van der Waals surface area contributed by atoms with Crippen molar-refractivity contribution in [2.45, 2.75) is 6.29 Å². The monoisotopic (exact) mass is 596 g/mol. The Morgan fingerprint density at radius 3 is 1.13 bits per heavy atom. The van der Waals surface area contributed by atoms with Gasteiger partial charge in [0.2, 0.25) is 0 Å². The fourth-order valence-corrected chi connectivity index (χ4v) is 5.85. The largest absolute Gasteiger partial charge is 0.507 e. The Morgan fingerprint density at radius 1 is 0.348 bits per heavy atom. The number of hydrogen-bond acceptors (Lipinski definition) is 3. The molecular formula is C43H32O3. The summed E-state index contributed by atoms with van der Waals surface area (Å²) in [6.45, 7) is 0. The van der Waals surface area contributed by atoms with E-state index in [1.165, 1.54) is 0 Å². The van der Waals surface area contributed by atoms with E-state index < -0.39 is 6.29 Å². The van der Waals surface area contributed by atoms with Crippen LogP contribution >= 0.6 is 0 Å². The van der Waals surface area contributed by atoms with E-state index in [0.717, 1.165) is 44.5 Å². The summed E-state index contributed by atoms with van der Waals surface area (Å²) in [5, 5.41) is 11.1. The molecule has 222 valence electrons. The summed E-state index contributed by atoms with van der Waals surface area (Å²) in [6.07, 6.45) is -0.969. The predicted octanol–water partition coefficient (Wildman–Crippen LogP) is 11.2. The number of benzene rings is 7. The van der Waals surface area contributed by atoms with Crippen LogP contribution in [-0.4, -0.2) is 5.11 Å². The molecule has 0 atom stereocenters. The summed E-state index contributed by atoms with van der Waals surface area (Å²) in [4.78, 5) is 0. The Morgan fingerprint density at radius 2 is 0.717 bits per heavy atom.